The molecule has 0 amide bonds. The van der Waals surface area contributed by atoms with Crippen molar-refractivity contribution in [2.24, 2.45) is 0 Å². The van der Waals surface area contributed by atoms with Crippen LogP contribution in [0.1, 0.15) is 10.4 Å². The summed E-state index contributed by atoms with van der Waals surface area (Å²) in [5.41, 5.74) is 14.6. The lowest BCUT2D eigenvalue weighted by Gasteiger charge is -2.26. The summed E-state index contributed by atoms with van der Waals surface area (Å²) in [5.74, 6) is -0.358. The summed E-state index contributed by atoms with van der Waals surface area (Å²) in [6.07, 6.45) is 0. The van der Waals surface area contributed by atoms with E-state index in [4.69, 9.17) is 4.74 Å². The number of fused-ring (bicyclic) bond motifs is 8. The Kier molecular flexibility index (Phi) is 9.13. The summed E-state index contributed by atoms with van der Waals surface area (Å²) in [6.45, 7) is 0. The topological polar surface area (TPSA) is 39.4 Å². The highest BCUT2D eigenvalue weighted by Crippen LogP contribution is 2.43. The first-order valence-electron chi connectivity index (χ1n) is 21.9. The highest BCUT2D eigenvalue weighted by molar-refractivity contribution is 6.24. The van der Waals surface area contributed by atoms with E-state index in [1.807, 2.05) is 24.3 Å². The zero-order valence-corrected chi connectivity index (χ0v) is 35.6. The number of esters is 1. The molecule has 0 aliphatic rings. The lowest BCUT2D eigenvalue weighted by Crippen LogP contribution is -2.10. The first kappa shape index (κ1) is 38.0. The van der Waals surface area contributed by atoms with Gasteiger partial charge in [0.25, 0.3) is 0 Å². The average Bonchev–Trinajstić information content (AvgIpc) is 3.90. The van der Waals surface area contributed by atoms with Gasteiger partial charge in [0.1, 0.15) is 0 Å². The molecule has 0 radical (unpaired) electrons. The molecule has 0 bridgehead atoms. The standard InChI is InChI=1S/C60H41N3O2/c1-65-60(64)51-24-11-9-21-48(51)53-39-58-59(50-23-10-8-20-47(50)53)52-25-13-15-27-56(52)63(58)46-35-33-45(34-36-46)61(42-16-4-2-5-17-42)44-31-28-40(29-32-44)41-30-37-57-54(38-41)49-22-12-14-26-55(49)62(57)43-18-6-3-7-19-43/h2-39H,1H3. The van der Waals surface area contributed by atoms with Gasteiger partial charge in [-0.05, 0) is 130 Å². The van der Waals surface area contributed by atoms with Gasteiger partial charge in [-0.15, -0.1) is 0 Å². The maximum atomic E-state index is 13.1. The van der Waals surface area contributed by atoms with Crippen LogP contribution in [0.4, 0.5) is 17.1 Å². The molecule has 0 aliphatic heterocycles. The van der Waals surface area contributed by atoms with Crippen molar-refractivity contribution in [3.8, 4) is 33.6 Å². The van der Waals surface area contributed by atoms with Gasteiger partial charge >= 0.3 is 5.97 Å². The van der Waals surface area contributed by atoms with E-state index in [0.29, 0.717) is 5.56 Å². The third kappa shape index (κ3) is 6.28. The number of hydrogen-bond acceptors (Lipinski definition) is 3. The molecule has 5 heteroatoms. The first-order chi connectivity index (χ1) is 32.1. The smallest absolute Gasteiger partial charge is 0.338 e. The molecular formula is C60H41N3O2. The van der Waals surface area contributed by atoms with Gasteiger partial charge in [-0.1, -0.05) is 133 Å². The molecule has 12 aromatic rings. The van der Waals surface area contributed by atoms with Crippen LogP contribution < -0.4 is 4.90 Å². The molecular weight excluding hydrogens is 795 g/mol. The third-order valence-corrected chi connectivity index (χ3v) is 12.8. The summed E-state index contributed by atoms with van der Waals surface area (Å²) >= 11 is 0. The van der Waals surface area contributed by atoms with Crippen molar-refractivity contribution < 1.29 is 9.53 Å². The van der Waals surface area contributed by atoms with Crippen molar-refractivity contribution in [2.75, 3.05) is 12.0 Å². The second-order valence-electron chi connectivity index (χ2n) is 16.4. The van der Waals surface area contributed by atoms with E-state index in [-0.39, 0.29) is 5.97 Å². The Bertz CT molecular complexity index is 3760. The van der Waals surface area contributed by atoms with Gasteiger partial charge in [-0.2, -0.15) is 0 Å². The van der Waals surface area contributed by atoms with Crippen LogP contribution in [0.2, 0.25) is 0 Å². The summed E-state index contributed by atoms with van der Waals surface area (Å²) < 4.78 is 9.95. The van der Waals surface area contributed by atoms with Crippen molar-refractivity contribution in [1.29, 1.82) is 0 Å². The van der Waals surface area contributed by atoms with Gasteiger partial charge in [0, 0.05) is 50.0 Å². The maximum Gasteiger partial charge on any atom is 0.338 e. The van der Waals surface area contributed by atoms with Crippen LogP contribution in [-0.4, -0.2) is 22.2 Å². The molecule has 0 fully saturated rings. The predicted octanol–water partition coefficient (Wildman–Crippen LogP) is 15.6. The number of nitrogens with zero attached hydrogens (tertiary/aromatic N) is 3. The van der Waals surface area contributed by atoms with Crippen molar-refractivity contribution in [3.63, 3.8) is 0 Å². The highest BCUT2D eigenvalue weighted by atomic mass is 16.5. The van der Waals surface area contributed by atoms with Gasteiger partial charge in [0.15, 0.2) is 0 Å². The summed E-state index contributed by atoms with van der Waals surface area (Å²) in [4.78, 5) is 15.4. The minimum Gasteiger partial charge on any atom is -0.465 e. The zero-order chi connectivity index (χ0) is 43.4. The Morgan fingerprint density at radius 1 is 0.385 bits per heavy atom. The molecule has 0 spiro atoms. The number of methoxy groups -OCH3 is 1. The van der Waals surface area contributed by atoms with Crippen LogP contribution >= 0.6 is 0 Å². The highest BCUT2D eigenvalue weighted by Gasteiger charge is 2.22. The van der Waals surface area contributed by atoms with E-state index in [2.05, 4.69) is 220 Å². The Labute approximate surface area is 376 Å². The zero-order valence-electron chi connectivity index (χ0n) is 35.6. The van der Waals surface area contributed by atoms with Gasteiger partial charge < -0.3 is 18.8 Å². The molecule has 0 unspecified atom stereocenters. The monoisotopic (exact) mass is 835 g/mol. The number of carbonyl (C=O) groups is 1. The number of benzene rings is 10. The van der Waals surface area contributed by atoms with Gasteiger partial charge in [0.2, 0.25) is 0 Å². The average molecular weight is 836 g/mol. The quantitative estimate of drug-likeness (QED) is 0.143. The number of anilines is 3. The van der Waals surface area contributed by atoms with E-state index in [1.165, 1.54) is 45.3 Å². The Morgan fingerprint density at radius 2 is 0.892 bits per heavy atom. The van der Waals surface area contributed by atoms with Gasteiger partial charge in [-0.25, -0.2) is 4.79 Å². The van der Waals surface area contributed by atoms with E-state index >= 15 is 0 Å². The second kappa shape index (κ2) is 15.6. The van der Waals surface area contributed by atoms with Crippen molar-refractivity contribution in [3.05, 3.63) is 236 Å². The van der Waals surface area contributed by atoms with Crippen LogP contribution in [0.25, 0.3) is 88.0 Å². The predicted molar refractivity (Wildman–Crippen MR) is 270 cm³/mol. The summed E-state index contributed by atoms with van der Waals surface area (Å²) in [5, 5.41) is 7.02. The number of carbonyl (C=O) groups excluding carboxylic acids is 1. The molecule has 0 N–H and O–H groups in total. The van der Waals surface area contributed by atoms with Crippen molar-refractivity contribution >= 4 is 77.4 Å². The number of rotatable bonds is 8. The van der Waals surface area contributed by atoms with E-state index in [0.717, 1.165) is 66.9 Å². The molecule has 0 atom stereocenters. The fourth-order valence-corrected chi connectivity index (χ4v) is 9.92. The molecule has 2 aromatic heterocycles. The van der Waals surface area contributed by atoms with E-state index in [9.17, 15) is 4.79 Å². The second-order valence-corrected chi connectivity index (χ2v) is 16.4. The SMILES string of the molecule is COC(=O)c1ccccc1-c1cc2c(c3ccccc13)c1ccccc1n2-c1ccc(N(c2ccccc2)c2ccc(-c3ccc4c(c3)c3ccccc3n4-c3ccccc3)cc2)cc1. The van der Waals surface area contributed by atoms with Crippen LogP contribution in [-0.2, 0) is 4.74 Å². The Morgan fingerprint density at radius 3 is 1.62 bits per heavy atom. The summed E-state index contributed by atoms with van der Waals surface area (Å²) in [7, 11) is 1.43. The minimum atomic E-state index is -0.358. The number of hydrogen-bond donors (Lipinski definition) is 0. The number of aromatic nitrogens is 2. The molecule has 0 aliphatic carbocycles. The molecule has 5 nitrogen and oxygen atoms in total. The van der Waals surface area contributed by atoms with E-state index in [1.54, 1.807) is 0 Å². The molecule has 65 heavy (non-hydrogen) atoms. The fourth-order valence-electron chi connectivity index (χ4n) is 9.92. The van der Waals surface area contributed by atoms with Crippen LogP contribution in [0.3, 0.4) is 0 Å². The summed E-state index contributed by atoms with van der Waals surface area (Å²) in [6, 6.07) is 81.4. The van der Waals surface area contributed by atoms with Gasteiger partial charge in [-0.3, -0.25) is 0 Å². The largest absolute Gasteiger partial charge is 0.465 e. The lowest BCUT2D eigenvalue weighted by atomic mass is 9.92. The molecule has 2 heterocycles. The van der Waals surface area contributed by atoms with E-state index < -0.39 is 0 Å². The molecule has 0 saturated carbocycles. The van der Waals surface area contributed by atoms with Crippen molar-refractivity contribution in [1.82, 2.24) is 9.13 Å². The third-order valence-electron chi connectivity index (χ3n) is 12.8. The molecule has 308 valence electrons. The lowest BCUT2D eigenvalue weighted by molar-refractivity contribution is 0.0601. The Hall–Kier alpha value is -8.67. The number of para-hydroxylation sites is 4. The first-order valence-corrected chi connectivity index (χ1v) is 21.9. The van der Waals surface area contributed by atoms with Crippen LogP contribution in [0, 0.1) is 0 Å². The van der Waals surface area contributed by atoms with Gasteiger partial charge in [0.05, 0.1) is 34.7 Å². The number of ether oxygens (including phenoxy) is 1. The normalized spacial score (nSPS) is 11.5. The fraction of sp³-hybridized carbons (Fsp3) is 0.0167. The molecule has 10 aromatic carbocycles. The molecule has 0 saturated heterocycles. The van der Waals surface area contributed by atoms with Crippen molar-refractivity contribution in [2.45, 2.75) is 0 Å². The Balaban J connectivity index is 0.958. The minimum absolute atomic E-state index is 0.358. The van der Waals surface area contributed by atoms with Crippen LogP contribution in [0.5, 0.6) is 0 Å². The molecule has 12 rings (SSSR count). The maximum absolute atomic E-state index is 13.1. The van der Waals surface area contributed by atoms with Crippen LogP contribution in [0.15, 0.2) is 231 Å².